The normalized spacial score (nSPS) is 12.8. The number of hydrogen-bond acceptors (Lipinski definition) is 6. The summed E-state index contributed by atoms with van der Waals surface area (Å²) in [5.41, 5.74) is 7.76. The molecule has 8 nitrogen and oxygen atoms in total. The third kappa shape index (κ3) is 7.30. The number of aromatic hydroxyl groups is 2. The first-order chi connectivity index (χ1) is 22.6. The second kappa shape index (κ2) is 12.5. The van der Waals surface area contributed by atoms with Gasteiger partial charge < -0.3 is 10.2 Å². The molecular weight excluding hydrogens is 632 g/mol. The van der Waals surface area contributed by atoms with E-state index in [1.807, 2.05) is 42.5 Å². The highest BCUT2D eigenvalue weighted by Gasteiger charge is 2.29. The second-order valence-corrected chi connectivity index (χ2v) is 17.3. The van der Waals surface area contributed by atoms with Gasteiger partial charge in [0.25, 0.3) is 0 Å². The lowest BCUT2D eigenvalue weighted by atomic mass is 9.78. The van der Waals surface area contributed by atoms with Gasteiger partial charge in [0.1, 0.15) is 39.3 Å². The van der Waals surface area contributed by atoms with Crippen molar-refractivity contribution >= 4 is 33.7 Å². The van der Waals surface area contributed by atoms with Gasteiger partial charge >= 0.3 is 0 Å². The number of phenols is 2. The molecule has 0 bridgehead atoms. The lowest BCUT2D eigenvalue weighted by Crippen LogP contribution is -2.18. The molecular formula is C40H49ClN6O2. The molecule has 0 saturated heterocycles. The van der Waals surface area contributed by atoms with E-state index in [0.29, 0.717) is 32.9 Å². The predicted octanol–water partition coefficient (Wildman–Crippen LogP) is 10.3. The van der Waals surface area contributed by atoms with Crippen LogP contribution in [0.4, 0.5) is 0 Å². The van der Waals surface area contributed by atoms with Gasteiger partial charge in [0.2, 0.25) is 0 Å². The molecule has 0 aliphatic heterocycles. The molecule has 6 rings (SSSR count). The maximum atomic E-state index is 11.6. The number of benzene rings is 4. The van der Waals surface area contributed by atoms with E-state index in [2.05, 4.69) is 111 Å². The van der Waals surface area contributed by atoms with Crippen LogP contribution in [0.2, 0.25) is 5.02 Å². The highest BCUT2D eigenvalue weighted by atomic mass is 35.5. The van der Waals surface area contributed by atoms with Gasteiger partial charge in [-0.2, -0.15) is 15.4 Å². The molecule has 6 aromatic rings. The number of halogens is 1. The van der Waals surface area contributed by atoms with E-state index < -0.39 is 0 Å². The number of hydrogen-bond donors (Lipinski definition) is 3. The summed E-state index contributed by atoms with van der Waals surface area (Å²) >= 11 is 6.86. The molecule has 0 saturated carbocycles. The summed E-state index contributed by atoms with van der Waals surface area (Å²) in [5.74, 6) is 0.345. The zero-order chi connectivity index (χ0) is 36.3. The second-order valence-electron chi connectivity index (χ2n) is 16.9. The zero-order valence-electron chi connectivity index (χ0n) is 30.8. The summed E-state index contributed by atoms with van der Waals surface area (Å²) < 4.78 is 0. The molecule has 0 atom stereocenters. The molecule has 49 heavy (non-hydrogen) atoms. The average molecular weight is 681 g/mol. The Hall–Kier alpha value is -4.43. The molecule has 2 heterocycles. The molecule has 0 amide bonds. The van der Waals surface area contributed by atoms with Crippen molar-refractivity contribution in [1.82, 2.24) is 30.4 Å². The van der Waals surface area contributed by atoms with E-state index in [9.17, 15) is 10.2 Å². The van der Waals surface area contributed by atoms with E-state index in [-0.39, 0.29) is 33.2 Å². The van der Waals surface area contributed by atoms with E-state index in [0.717, 1.165) is 33.3 Å². The van der Waals surface area contributed by atoms with Gasteiger partial charge in [0.05, 0.1) is 5.02 Å². The van der Waals surface area contributed by atoms with E-state index in [1.54, 1.807) is 6.07 Å². The first-order valence-corrected chi connectivity index (χ1v) is 17.0. The standard InChI is InChI=1S/C34H44ClN3O2.C6H5N3/c1-31(2,3)19-15-21(29(39)22(16-19)33(7,8)9)27-24(35)13-14-25-28(27)37-38(36-25)26-18-20(32(4,5)6)17-23(30(26)40)34(10,11)12;1-2-4-6-5(3-1)7-9-8-6/h13-18,39-40H,1-12H3;1-4H,(H,7,8,9). The highest BCUT2D eigenvalue weighted by Crippen LogP contribution is 2.46. The number of nitrogens with zero attached hydrogens (tertiary/aromatic N) is 5. The molecule has 9 heteroatoms. The quantitative estimate of drug-likeness (QED) is 0.168. The number of aromatic amines is 1. The molecule has 2 aromatic heterocycles. The van der Waals surface area contributed by atoms with Crippen LogP contribution in [0.15, 0.2) is 60.7 Å². The molecule has 0 spiro atoms. The smallest absolute Gasteiger partial charge is 0.146 e. The number of nitrogens with one attached hydrogen (secondary N) is 1. The van der Waals surface area contributed by atoms with Crippen LogP contribution in [-0.2, 0) is 21.7 Å². The first-order valence-electron chi connectivity index (χ1n) is 16.6. The van der Waals surface area contributed by atoms with Crippen LogP contribution in [0, 0.1) is 0 Å². The van der Waals surface area contributed by atoms with Gasteiger partial charge in [-0.15, -0.1) is 15.0 Å². The van der Waals surface area contributed by atoms with Gasteiger partial charge in [-0.25, -0.2) is 0 Å². The van der Waals surface area contributed by atoms with Crippen LogP contribution in [0.1, 0.15) is 105 Å². The third-order valence-electron chi connectivity index (χ3n) is 8.76. The Balaban J connectivity index is 0.000000444. The van der Waals surface area contributed by atoms with E-state index in [1.165, 1.54) is 4.80 Å². The van der Waals surface area contributed by atoms with Crippen LogP contribution < -0.4 is 0 Å². The minimum absolute atomic E-state index is 0.147. The van der Waals surface area contributed by atoms with Gasteiger partial charge in [0.15, 0.2) is 0 Å². The summed E-state index contributed by atoms with van der Waals surface area (Å²) in [6, 6.07) is 19.5. The summed E-state index contributed by atoms with van der Waals surface area (Å²) in [5, 5.41) is 43.6. The van der Waals surface area contributed by atoms with E-state index in [4.69, 9.17) is 21.8 Å². The largest absolute Gasteiger partial charge is 0.507 e. The average Bonchev–Trinajstić information content (AvgIpc) is 3.63. The summed E-state index contributed by atoms with van der Waals surface area (Å²) in [4.78, 5) is 1.50. The van der Waals surface area contributed by atoms with Gasteiger partial charge in [0, 0.05) is 22.3 Å². The van der Waals surface area contributed by atoms with Crippen LogP contribution >= 0.6 is 11.6 Å². The van der Waals surface area contributed by atoms with E-state index >= 15 is 0 Å². The van der Waals surface area contributed by atoms with Gasteiger partial charge in [-0.1, -0.05) is 119 Å². The van der Waals surface area contributed by atoms with Crippen molar-refractivity contribution in [3.05, 3.63) is 87.9 Å². The summed E-state index contributed by atoms with van der Waals surface area (Å²) in [6.07, 6.45) is 0. The Labute approximate surface area is 294 Å². The maximum Gasteiger partial charge on any atom is 0.146 e. The molecule has 258 valence electrons. The molecule has 0 unspecified atom stereocenters. The van der Waals surface area contributed by atoms with Crippen LogP contribution in [0.25, 0.3) is 38.9 Å². The lowest BCUT2D eigenvalue weighted by Gasteiger charge is -2.28. The minimum Gasteiger partial charge on any atom is -0.507 e. The molecule has 0 aliphatic carbocycles. The zero-order valence-corrected chi connectivity index (χ0v) is 31.5. The van der Waals surface area contributed by atoms with Crippen molar-refractivity contribution in [1.29, 1.82) is 0 Å². The molecule has 0 radical (unpaired) electrons. The van der Waals surface area contributed by atoms with Crippen molar-refractivity contribution in [2.45, 2.75) is 105 Å². The topological polar surface area (TPSA) is 113 Å². The van der Waals surface area contributed by atoms with Crippen LogP contribution in [-0.4, -0.2) is 40.6 Å². The number of H-pyrrole nitrogens is 1. The lowest BCUT2D eigenvalue weighted by molar-refractivity contribution is 0.438. The van der Waals surface area contributed by atoms with Crippen LogP contribution in [0.3, 0.4) is 0 Å². The fourth-order valence-corrected chi connectivity index (χ4v) is 5.97. The van der Waals surface area contributed by atoms with Crippen molar-refractivity contribution in [3.8, 4) is 28.3 Å². The fourth-order valence-electron chi connectivity index (χ4n) is 5.71. The van der Waals surface area contributed by atoms with Gasteiger partial charge in [-0.05, 0) is 69.2 Å². The number of para-hydroxylation sites is 2. The maximum absolute atomic E-state index is 11.6. The first kappa shape index (κ1) is 35.9. The Morgan fingerprint density at radius 3 is 1.61 bits per heavy atom. The van der Waals surface area contributed by atoms with Crippen molar-refractivity contribution in [2.75, 3.05) is 0 Å². The Morgan fingerprint density at radius 1 is 0.592 bits per heavy atom. The number of fused-ring (bicyclic) bond motifs is 2. The Morgan fingerprint density at radius 2 is 1.10 bits per heavy atom. The fraction of sp³-hybridized carbons (Fsp3) is 0.400. The van der Waals surface area contributed by atoms with Crippen molar-refractivity contribution in [2.24, 2.45) is 0 Å². The number of phenolic OH excluding ortho intramolecular Hbond substituents is 2. The van der Waals surface area contributed by atoms with Crippen molar-refractivity contribution < 1.29 is 10.2 Å². The highest BCUT2D eigenvalue weighted by molar-refractivity contribution is 6.35. The van der Waals surface area contributed by atoms with Gasteiger partial charge in [-0.3, -0.25) is 0 Å². The van der Waals surface area contributed by atoms with Crippen molar-refractivity contribution in [3.63, 3.8) is 0 Å². The Bertz CT molecular complexity index is 2120. The summed E-state index contributed by atoms with van der Waals surface area (Å²) in [6.45, 7) is 25.5. The minimum atomic E-state index is -0.291. The summed E-state index contributed by atoms with van der Waals surface area (Å²) in [7, 11) is 0. The molecule has 0 aliphatic rings. The molecule has 4 aromatic carbocycles. The third-order valence-corrected chi connectivity index (χ3v) is 9.07. The SMILES string of the molecule is CC(C)(C)c1cc(-c2c(Cl)ccc3nn(-c4cc(C(C)(C)C)cc(C(C)(C)C)c4O)nc23)c(O)c(C(C)(C)C)c1.c1ccc2n[nH]nc2c1. The number of rotatable bonds is 2. The number of aromatic nitrogens is 6. The monoisotopic (exact) mass is 680 g/mol. The molecule has 0 fully saturated rings. The Kier molecular flexibility index (Phi) is 9.13. The molecule has 3 N–H and O–H groups in total. The van der Waals surface area contributed by atoms with Crippen LogP contribution in [0.5, 0.6) is 11.5 Å². The predicted molar refractivity (Wildman–Crippen MR) is 201 cm³/mol.